The number of methoxy groups -OCH3 is 1. The lowest BCUT2D eigenvalue weighted by atomic mass is 9.97. The molecule has 14 heteroatoms. The van der Waals surface area contributed by atoms with Gasteiger partial charge in [-0.2, -0.15) is 0 Å². The van der Waals surface area contributed by atoms with Crippen LogP contribution in [0.1, 0.15) is 77.1 Å². The normalized spacial score (nSPS) is 17.6. The van der Waals surface area contributed by atoms with E-state index >= 15 is 0 Å². The quantitative estimate of drug-likeness (QED) is 0.0862. The van der Waals surface area contributed by atoms with E-state index in [9.17, 15) is 24.3 Å². The number of amides is 4. The number of carbonyl (C=O) groups excluding carboxylic acids is 3. The lowest BCUT2D eigenvalue weighted by Crippen LogP contribution is -2.51. The van der Waals surface area contributed by atoms with Crippen LogP contribution in [-0.2, 0) is 14.3 Å². The summed E-state index contributed by atoms with van der Waals surface area (Å²) in [5, 5.41) is 16.7. The summed E-state index contributed by atoms with van der Waals surface area (Å²) < 4.78 is 4.78. The van der Waals surface area contributed by atoms with E-state index in [2.05, 4.69) is 98.4 Å². The second-order valence-electron chi connectivity index (χ2n) is 16.8. The average molecular weight is 825 g/mol. The molecule has 4 atom stereocenters. The number of ether oxygens (including phenoxy) is 1. The molecule has 4 amide bonds. The van der Waals surface area contributed by atoms with Crippen LogP contribution >= 0.6 is 0 Å². The van der Waals surface area contributed by atoms with Gasteiger partial charge in [-0.05, 0) is 100 Å². The summed E-state index contributed by atoms with van der Waals surface area (Å²) in [6, 6.07) is 25.5. The monoisotopic (exact) mass is 824 g/mol. The van der Waals surface area contributed by atoms with Gasteiger partial charge in [-0.3, -0.25) is 9.59 Å². The lowest BCUT2D eigenvalue weighted by molar-refractivity contribution is -0.136. The average Bonchev–Trinajstić information content (AvgIpc) is 4.10. The van der Waals surface area contributed by atoms with Gasteiger partial charge in [0.25, 0.3) is 0 Å². The predicted molar refractivity (Wildman–Crippen MR) is 233 cm³/mol. The molecule has 2 fully saturated rings. The third-order valence-corrected chi connectivity index (χ3v) is 12.1. The zero-order valence-corrected chi connectivity index (χ0v) is 35.1. The number of nitrogens with one attached hydrogen (secondary N) is 4. The van der Waals surface area contributed by atoms with E-state index in [1.807, 2.05) is 38.7 Å². The van der Waals surface area contributed by atoms with Crippen molar-refractivity contribution in [2.45, 2.75) is 77.5 Å². The molecular formula is C47H52N8O6. The predicted octanol–water partition coefficient (Wildman–Crippen LogP) is 8.44. The van der Waals surface area contributed by atoms with Gasteiger partial charge in [0.2, 0.25) is 11.8 Å². The van der Waals surface area contributed by atoms with Gasteiger partial charge in [0.15, 0.2) is 0 Å². The van der Waals surface area contributed by atoms with Gasteiger partial charge in [0.05, 0.1) is 42.1 Å². The molecular weight excluding hydrogens is 773 g/mol. The molecule has 0 saturated carbocycles. The second-order valence-corrected chi connectivity index (χ2v) is 16.8. The third kappa shape index (κ3) is 8.39. The second kappa shape index (κ2) is 17.1. The van der Waals surface area contributed by atoms with E-state index in [4.69, 9.17) is 9.72 Å². The highest BCUT2D eigenvalue weighted by Crippen LogP contribution is 2.36. The Balaban J connectivity index is 0.980. The van der Waals surface area contributed by atoms with Crippen LogP contribution < -0.4 is 10.6 Å². The summed E-state index contributed by atoms with van der Waals surface area (Å²) in [5.41, 5.74) is 7.79. The van der Waals surface area contributed by atoms with Crippen molar-refractivity contribution in [3.63, 3.8) is 0 Å². The number of aromatic amines is 2. The van der Waals surface area contributed by atoms with Crippen LogP contribution in [0, 0.1) is 11.8 Å². The molecule has 6 aromatic rings. The molecule has 2 aliphatic rings. The molecule has 0 bridgehead atoms. The number of likely N-dealkylation sites (tertiary alicyclic amines) is 2. The molecule has 4 aromatic carbocycles. The zero-order valence-electron chi connectivity index (χ0n) is 35.1. The summed E-state index contributed by atoms with van der Waals surface area (Å²) in [7, 11) is 1.29. The molecule has 0 radical (unpaired) electrons. The fourth-order valence-electron chi connectivity index (χ4n) is 8.80. The number of carbonyl (C=O) groups is 4. The molecule has 2 aromatic heterocycles. The minimum Gasteiger partial charge on any atom is -0.465 e. The molecule has 14 nitrogen and oxygen atoms in total. The molecule has 0 unspecified atom stereocenters. The number of hydrogen-bond acceptors (Lipinski definition) is 7. The van der Waals surface area contributed by atoms with Gasteiger partial charge >= 0.3 is 12.2 Å². The molecule has 0 spiro atoms. The van der Waals surface area contributed by atoms with Crippen molar-refractivity contribution in [1.29, 1.82) is 0 Å². The number of carboxylic acid groups (broad SMARTS) is 1. The standard InChI is InChI=1S/C47H52N8O6/c1-26(2)40(52-46(58)59)44(56)54-20-6-8-38(54)42-48-25-37(51-42)30-14-10-28(11-15-30)31-16-12-29-13-17-32(23-34(29)22-31)33-18-19-35-36(24-33)50-43(49-35)39-9-7-21-55(39)45(57)41(27(3)4)53-47(60)61-5/h10-19,22-27,38-41,52H,6-9,20-21H2,1-5H3,(H,48,51)(H,49,50)(H,53,60)(H,58,59)/t38-,39-,40-,41-/m0/s1. The number of alkyl carbamates (subject to hydrolysis) is 1. The Morgan fingerprint density at radius 1 is 0.689 bits per heavy atom. The molecule has 0 aliphatic carbocycles. The Morgan fingerprint density at radius 3 is 1.84 bits per heavy atom. The minimum atomic E-state index is -1.21. The summed E-state index contributed by atoms with van der Waals surface area (Å²) in [5.74, 6) is 0.762. The van der Waals surface area contributed by atoms with Crippen molar-refractivity contribution in [2.75, 3.05) is 20.2 Å². The summed E-state index contributed by atoms with van der Waals surface area (Å²) in [6.45, 7) is 8.63. The van der Waals surface area contributed by atoms with Crippen molar-refractivity contribution in [1.82, 2.24) is 40.4 Å². The summed E-state index contributed by atoms with van der Waals surface area (Å²) >= 11 is 0. The first-order chi connectivity index (χ1) is 29.4. The van der Waals surface area contributed by atoms with Crippen molar-refractivity contribution >= 4 is 45.8 Å². The first-order valence-corrected chi connectivity index (χ1v) is 21.0. The fraction of sp³-hybridized carbons (Fsp3) is 0.362. The SMILES string of the molecule is COC(=O)N[C@H](C(=O)N1CCC[C@H]1c1nc2ccc(-c3ccc4ccc(-c5ccc(-c6cnc([C@@H]7CCCN7C(=O)[C@@H](NC(=O)O)C(C)C)[nH]6)cc5)cc4c3)cc2[nH]1)C(C)C. The minimum absolute atomic E-state index is 0.112. The fourth-order valence-corrected chi connectivity index (χ4v) is 8.80. The maximum absolute atomic E-state index is 13.7. The smallest absolute Gasteiger partial charge is 0.407 e. The topological polar surface area (TPSA) is 186 Å². The van der Waals surface area contributed by atoms with Gasteiger partial charge in [0, 0.05) is 13.1 Å². The van der Waals surface area contributed by atoms with Crippen LogP contribution in [-0.4, -0.2) is 91.1 Å². The van der Waals surface area contributed by atoms with E-state index in [1.54, 1.807) is 11.1 Å². The number of imidazole rings is 2. The Morgan fingerprint density at radius 2 is 1.23 bits per heavy atom. The van der Waals surface area contributed by atoms with Crippen LogP contribution in [0.4, 0.5) is 9.59 Å². The van der Waals surface area contributed by atoms with E-state index < -0.39 is 24.3 Å². The number of rotatable bonds is 11. The molecule has 5 N–H and O–H groups in total. The van der Waals surface area contributed by atoms with Crippen molar-refractivity contribution in [2.24, 2.45) is 11.8 Å². The number of benzene rings is 4. The van der Waals surface area contributed by atoms with E-state index in [0.717, 1.165) is 86.8 Å². The Hall–Kier alpha value is -6.70. The van der Waals surface area contributed by atoms with Gasteiger partial charge in [-0.25, -0.2) is 19.6 Å². The van der Waals surface area contributed by atoms with Crippen molar-refractivity contribution < 1.29 is 29.0 Å². The van der Waals surface area contributed by atoms with Crippen LogP contribution in [0.15, 0.2) is 85.1 Å². The Kier molecular flexibility index (Phi) is 11.5. The third-order valence-electron chi connectivity index (χ3n) is 12.1. The highest BCUT2D eigenvalue weighted by molar-refractivity contribution is 5.93. The first-order valence-electron chi connectivity index (χ1n) is 21.0. The van der Waals surface area contributed by atoms with Crippen LogP contribution in [0.2, 0.25) is 0 Å². The van der Waals surface area contributed by atoms with Crippen LogP contribution in [0.25, 0.3) is 55.3 Å². The van der Waals surface area contributed by atoms with Crippen molar-refractivity contribution in [3.05, 3.63) is 96.7 Å². The molecule has 2 saturated heterocycles. The number of hydrogen-bond donors (Lipinski definition) is 5. The molecule has 316 valence electrons. The summed E-state index contributed by atoms with van der Waals surface area (Å²) in [4.78, 5) is 70.6. The van der Waals surface area contributed by atoms with E-state index in [0.29, 0.717) is 18.9 Å². The summed E-state index contributed by atoms with van der Waals surface area (Å²) in [6.07, 6.45) is 3.14. The number of H-pyrrole nitrogens is 2. The van der Waals surface area contributed by atoms with Gasteiger partial charge < -0.3 is 40.2 Å². The van der Waals surface area contributed by atoms with Crippen molar-refractivity contribution in [3.8, 4) is 33.5 Å². The van der Waals surface area contributed by atoms with Gasteiger partial charge in [-0.15, -0.1) is 0 Å². The number of nitrogens with zero attached hydrogens (tertiary/aromatic N) is 4. The maximum atomic E-state index is 13.7. The van der Waals surface area contributed by atoms with Gasteiger partial charge in [0.1, 0.15) is 23.7 Å². The number of aromatic nitrogens is 4. The molecule has 2 aliphatic heterocycles. The highest BCUT2D eigenvalue weighted by Gasteiger charge is 2.39. The molecule has 8 rings (SSSR count). The maximum Gasteiger partial charge on any atom is 0.407 e. The molecule has 4 heterocycles. The molecule has 61 heavy (non-hydrogen) atoms. The highest BCUT2D eigenvalue weighted by atomic mass is 16.5. The van der Waals surface area contributed by atoms with E-state index in [-0.39, 0.29) is 35.7 Å². The lowest BCUT2D eigenvalue weighted by Gasteiger charge is -2.29. The van der Waals surface area contributed by atoms with Gasteiger partial charge in [-0.1, -0.05) is 82.3 Å². The number of fused-ring (bicyclic) bond motifs is 2. The van der Waals surface area contributed by atoms with E-state index in [1.165, 1.54) is 7.11 Å². The first kappa shape index (κ1) is 41.1. The zero-order chi connectivity index (χ0) is 42.9. The Bertz CT molecular complexity index is 2600. The van der Waals surface area contributed by atoms with Crippen LogP contribution in [0.5, 0.6) is 0 Å². The van der Waals surface area contributed by atoms with Crippen LogP contribution in [0.3, 0.4) is 0 Å². The largest absolute Gasteiger partial charge is 0.465 e. The Labute approximate surface area is 354 Å².